The average molecular weight is 307 g/mol. The van der Waals surface area contributed by atoms with Gasteiger partial charge in [-0.3, -0.25) is 9.59 Å². The third kappa shape index (κ3) is 5.16. The molecule has 1 rings (SSSR count). The van der Waals surface area contributed by atoms with Gasteiger partial charge in [0.15, 0.2) is 9.84 Å². The molecule has 0 aromatic heterocycles. The van der Waals surface area contributed by atoms with Crippen molar-refractivity contribution < 1.29 is 33.0 Å². The van der Waals surface area contributed by atoms with Crippen LogP contribution in [0.2, 0.25) is 0 Å². The van der Waals surface area contributed by atoms with Crippen molar-refractivity contribution in [3.05, 3.63) is 0 Å². The molecule has 1 fully saturated rings. The maximum absolute atomic E-state index is 11.8. The molecule has 1 heterocycles. The maximum Gasteiger partial charge on any atom is 0.326 e. The van der Waals surface area contributed by atoms with E-state index in [1.165, 1.54) is 0 Å². The van der Waals surface area contributed by atoms with Crippen molar-refractivity contribution in [3.8, 4) is 0 Å². The maximum atomic E-state index is 11.8. The number of sulfone groups is 1. The zero-order chi connectivity index (χ0) is 15.3. The summed E-state index contributed by atoms with van der Waals surface area (Å²) in [6.07, 6.45) is 0.121. The molecule has 20 heavy (non-hydrogen) atoms. The minimum Gasteiger partial charge on any atom is -0.481 e. The van der Waals surface area contributed by atoms with Crippen LogP contribution in [-0.4, -0.2) is 54.0 Å². The predicted molar refractivity (Wildman–Crippen MR) is 67.8 cm³/mol. The third-order valence-electron chi connectivity index (χ3n) is 3.10. The summed E-state index contributed by atoms with van der Waals surface area (Å²) >= 11 is 0. The lowest BCUT2D eigenvalue weighted by atomic mass is 10.1. The molecule has 0 aliphatic carbocycles. The van der Waals surface area contributed by atoms with E-state index in [-0.39, 0.29) is 37.2 Å². The second kappa shape index (κ2) is 6.69. The molecular formula is C11H17NO7S. The van der Waals surface area contributed by atoms with Crippen molar-refractivity contribution in [2.24, 2.45) is 5.92 Å². The Morgan fingerprint density at radius 3 is 2.35 bits per heavy atom. The van der Waals surface area contributed by atoms with Crippen molar-refractivity contribution in [3.63, 3.8) is 0 Å². The number of hydrogen-bond donors (Lipinski definition) is 3. The standard InChI is InChI=1S/C11H17NO7S/c13-9(14)3-1-2-8(11(16)17)12-10(15)7-4-5-20(18,19)6-7/h7-8H,1-6H2,(H,12,15)(H,13,14)(H,16,17)/t7?,8-/m1/s1. The Morgan fingerprint density at radius 1 is 1.25 bits per heavy atom. The highest BCUT2D eigenvalue weighted by Crippen LogP contribution is 2.18. The zero-order valence-electron chi connectivity index (χ0n) is 10.7. The van der Waals surface area contributed by atoms with Gasteiger partial charge >= 0.3 is 11.9 Å². The van der Waals surface area contributed by atoms with Gasteiger partial charge in [0.25, 0.3) is 0 Å². The van der Waals surface area contributed by atoms with E-state index >= 15 is 0 Å². The second-order valence-electron chi connectivity index (χ2n) is 4.79. The fraction of sp³-hybridized carbons (Fsp3) is 0.727. The minimum absolute atomic E-state index is 0.00710. The summed E-state index contributed by atoms with van der Waals surface area (Å²) in [5, 5.41) is 19.7. The Labute approximate surface area is 116 Å². The molecule has 1 unspecified atom stereocenters. The Hall–Kier alpha value is -1.64. The van der Waals surface area contributed by atoms with Gasteiger partial charge in [0.05, 0.1) is 17.4 Å². The van der Waals surface area contributed by atoms with E-state index in [1.807, 2.05) is 0 Å². The largest absolute Gasteiger partial charge is 0.481 e. The van der Waals surface area contributed by atoms with Crippen LogP contribution in [0.25, 0.3) is 0 Å². The number of carboxylic acid groups (broad SMARTS) is 2. The Bertz CT molecular complexity index is 499. The Morgan fingerprint density at radius 2 is 1.90 bits per heavy atom. The normalized spacial score (nSPS) is 22.1. The molecule has 3 N–H and O–H groups in total. The molecule has 9 heteroatoms. The molecular weight excluding hydrogens is 290 g/mol. The number of carbonyl (C=O) groups is 3. The molecule has 1 aliphatic rings. The van der Waals surface area contributed by atoms with Crippen LogP contribution in [0.5, 0.6) is 0 Å². The number of carbonyl (C=O) groups excluding carboxylic acids is 1. The molecule has 0 saturated carbocycles. The quantitative estimate of drug-likeness (QED) is 0.562. The highest BCUT2D eigenvalue weighted by Gasteiger charge is 2.34. The van der Waals surface area contributed by atoms with E-state index in [4.69, 9.17) is 10.2 Å². The van der Waals surface area contributed by atoms with Crippen LogP contribution in [0.4, 0.5) is 0 Å². The molecule has 2 atom stereocenters. The number of hydrogen-bond acceptors (Lipinski definition) is 5. The van der Waals surface area contributed by atoms with Crippen LogP contribution < -0.4 is 5.32 Å². The summed E-state index contributed by atoms with van der Waals surface area (Å²) < 4.78 is 22.5. The van der Waals surface area contributed by atoms with E-state index in [9.17, 15) is 22.8 Å². The van der Waals surface area contributed by atoms with E-state index < -0.39 is 39.6 Å². The first-order valence-corrected chi connectivity index (χ1v) is 7.99. The highest BCUT2D eigenvalue weighted by atomic mass is 32.2. The Balaban J connectivity index is 2.51. The van der Waals surface area contributed by atoms with Crippen LogP contribution in [0.15, 0.2) is 0 Å². The molecule has 0 radical (unpaired) electrons. The summed E-state index contributed by atoms with van der Waals surface area (Å²) in [5.74, 6) is -3.95. The molecule has 1 amide bonds. The van der Waals surface area contributed by atoms with E-state index in [1.54, 1.807) is 0 Å². The van der Waals surface area contributed by atoms with Gasteiger partial charge in [-0.1, -0.05) is 0 Å². The second-order valence-corrected chi connectivity index (χ2v) is 7.01. The molecule has 0 spiro atoms. The molecule has 8 nitrogen and oxygen atoms in total. The molecule has 0 aromatic carbocycles. The Kier molecular flexibility index (Phi) is 5.49. The van der Waals surface area contributed by atoms with Crippen LogP contribution in [0.1, 0.15) is 25.7 Å². The van der Waals surface area contributed by atoms with Crippen molar-refractivity contribution in [1.29, 1.82) is 0 Å². The summed E-state index contributed by atoms with van der Waals surface area (Å²) in [5.41, 5.74) is 0. The molecule has 0 aromatic rings. The van der Waals surface area contributed by atoms with Crippen molar-refractivity contribution in [2.75, 3.05) is 11.5 Å². The summed E-state index contributed by atoms with van der Waals surface area (Å²) in [6.45, 7) is 0. The van der Waals surface area contributed by atoms with Gasteiger partial charge < -0.3 is 15.5 Å². The number of rotatable bonds is 7. The fourth-order valence-corrected chi connectivity index (χ4v) is 3.75. The summed E-state index contributed by atoms with van der Waals surface area (Å²) in [6, 6.07) is -1.19. The topological polar surface area (TPSA) is 138 Å². The smallest absolute Gasteiger partial charge is 0.326 e. The van der Waals surface area contributed by atoms with Crippen molar-refractivity contribution >= 4 is 27.7 Å². The number of carboxylic acids is 2. The van der Waals surface area contributed by atoms with Crippen LogP contribution >= 0.6 is 0 Å². The van der Waals surface area contributed by atoms with Crippen LogP contribution in [0.3, 0.4) is 0 Å². The SMILES string of the molecule is O=C(O)CCC[C@@H](NC(=O)C1CCS(=O)(=O)C1)C(=O)O. The van der Waals surface area contributed by atoms with Crippen LogP contribution in [-0.2, 0) is 24.2 Å². The molecule has 0 bridgehead atoms. The van der Waals surface area contributed by atoms with E-state index in [2.05, 4.69) is 5.32 Å². The van der Waals surface area contributed by atoms with Gasteiger partial charge in [-0.2, -0.15) is 0 Å². The van der Waals surface area contributed by atoms with E-state index in [0.717, 1.165) is 0 Å². The molecule has 1 saturated heterocycles. The summed E-state index contributed by atoms with van der Waals surface area (Å²) in [7, 11) is -3.21. The average Bonchev–Trinajstić information content (AvgIpc) is 2.67. The third-order valence-corrected chi connectivity index (χ3v) is 4.87. The lowest BCUT2D eigenvalue weighted by molar-refractivity contribution is -0.143. The molecule has 1 aliphatic heterocycles. The van der Waals surface area contributed by atoms with Gasteiger partial charge in [-0.05, 0) is 19.3 Å². The predicted octanol–water partition coefficient (Wildman–Crippen LogP) is -0.755. The first-order chi connectivity index (χ1) is 9.21. The van der Waals surface area contributed by atoms with Crippen molar-refractivity contribution in [1.82, 2.24) is 5.32 Å². The summed E-state index contributed by atoms with van der Waals surface area (Å²) in [4.78, 5) is 33.1. The lowest BCUT2D eigenvalue weighted by Gasteiger charge is -2.16. The lowest BCUT2D eigenvalue weighted by Crippen LogP contribution is -2.44. The highest BCUT2D eigenvalue weighted by molar-refractivity contribution is 7.91. The van der Waals surface area contributed by atoms with Gasteiger partial charge in [0.2, 0.25) is 5.91 Å². The number of aliphatic carboxylic acids is 2. The fourth-order valence-electron chi connectivity index (χ4n) is 2.01. The number of nitrogens with one attached hydrogen (secondary N) is 1. The van der Waals surface area contributed by atoms with Gasteiger partial charge in [-0.25, -0.2) is 13.2 Å². The first-order valence-electron chi connectivity index (χ1n) is 6.16. The van der Waals surface area contributed by atoms with Gasteiger partial charge in [-0.15, -0.1) is 0 Å². The van der Waals surface area contributed by atoms with Gasteiger partial charge in [0.1, 0.15) is 6.04 Å². The van der Waals surface area contributed by atoms with Crippen molar-refractivity contribution in [2.45, 2.75) is 31.7 Å². The number of amides is 1. The van der Waals surface area contributed by atoms with E-state index in [0.29, 0.717) is 0 Å². The molecule has 114 valence electrons. The zero-order valence-corrected chi connectivity index (χ0v) is 11.6. The minimum atomic E-state index is -3.21. The van der Waals surface area contributed by atoms with Gasteiger partial charge in [0, 0.05) is 6.42 Å². The monoisotopic (exact) mass is 307 g/mol. The first kappa shape index (κ1) is 16.4. The van der Waals surface area contributed by atoms with Crippen LogP contribution in [0, 0.1) is 5.92 Å².